The van der Waals surface area contributed by atoms with Crippen molar-refractivity contribution >= 4 is 38.9 Å². The number of carbonyl (C=O) groups is 1. The summed E-state index contributed by atoms with van der Waals surface area (Å²) in [4.78, 5) is 12.4. The van der Waals surface area contributed by atoms with E-state index in [-0.39, 0.29) is 33.7 Å². The zero-order valence-electron chi connectivity index (χ0n) is 18.1. The van der Waals surface area contributed by atoms with Crippen LogP contribution in [0.4, 0.5) is 11.4 Å². The van der Waals surface area contributed by atoms with Crippen molar-refractivity contribution in [1.29, 1.82) is 0 Å². The van der Waals surface area contributed by atoms with Gasteiger partial charge in [0.05, 0.1) is 17.8 Å². The molecule has 0 aliphatic heterocycles. The Morgan fingerprint density at radius 2 is 1.78 bits per heavy atom. The number of aryl methyl sites for hydroxylation is 3. The normalized spacial score (nSPS) is 11.1. The molecule has 0 unspecified atom stereocenters. The molecule has 1 amide bonds. The van der Waals surface area contributed by atoms with E-state index in [0.717, 1.165) is 11.1 Å². The summed E-state index contributed by atoms with van der Waals surface area (Å²) in [5.74, 6) is -0.0598. The second-order valence-electron chi connectivity index (χ2n) is 7.43. The Balaban J connectivity index is 1.76. The lowest BCUT2D eigenvalue weighted by Crippen LogP contribution is -2.16. The molecule has 0 aromatic heterocycles. The maximum absolute atomic E-state index is 13.0. The summed E-state index contributed by atoms with van der Waals surface area (Å²) in [6.07, 6.45) is 0.864. The highest BCUT2D eigenvalue weighted by molar-refractivity contribution is 7.92. The van der Waals surface area contributed by atoms with Crippen LogP contribution in [0, 0.1) is 13.8 Å². The molecule has 168 valence electrons. The van der Waals surface area contributed by atoms with Crippen LogP contribution in [-0.4, -0.2) is 21.4 Å². The first-order chi connectivity index (χ1) is 15.2. The summed E-state index contributed by atoms with van der Waals surface area (Å²) in [7, 11) is -2.63. The maximum Gasteiger partial charge on any atom is 0.265 e. The molecule has 2 N–H and O–H groups in total. The highest BCUT2D eigenvalue weighted by Crippen LogP contribution is 2.31. The number of rotatable bonds is 8. The van der Waals surface area contributed by atoms with Gasteiger partial charge in [0.1, 0.15) is 10.6 Å². The molecular formula is C24H25ClN2O4S. The number of benzene rings is 3. The number of halogens is 1. The average Bonchev–Trinajstić information content (AvgIpc) is 2.74. The number of sulfonamides is 1. The predicted molar refractivity (Wildman–Crippen MR) is 128 cm³/mol. The van der Waals surface area contributed by atoms with Crippen LogP contribution in [0.3, 0.4) is 0 Å². The quantitative estimate of drug-likeness (QED) is 0.463. The largest absolute Gasteiger partial charge is 0.495 e. The van der Waals surface area contributed by atoms with Gasteiger partial charge in [-0.25, -0.2) is 8.42 Å². The van der Waals surface area contributed by atoms with E-state index in [1.165, 1.54) is 24.8 Å². The number of methoxy groups -OCH3 is 1. The van der Waals surface area contributed by atoms with Crippen LogP contribution in [0.25, 0.3) is 0 Å². The van der Waals surface area contributed by atoms with Gasteiger partial charge in [0.25, 0.3) is 10.0 Å². The van der Waals surface area contributed by atoms with E-state index in [2.05, 4.69) is 16.1 Å². The van der Waals surface area contributed by atoms with Gasteiger partial charge in [0, 0.05) is 12.1 Å². The zero-order valence-corrected chi connectivity index (χ0v) is 19.7. The Morgan fingerprint density at radius 3 is 2.47 bits per heavy atom. The molecule has 0 heterocycles. The van der Waals surface area contributed by atoms with Gasteiger partial charge in [-0.15, -0.1) is 0 Å². The predicted octanol–water partition coefficient (Wildman–Crippen LogP) is 5.34. The molecule has 0 saturated heterocycles. The number of amides is 1. The van der Waals surface area contributed by atoms with Crippen molar-refractivity contribution in [2.45, 2.75) is 31.6 Å². The van der Waals surface area contributed by atoms with E-state index in [1.54, 1.807) is 30.3 Å². The fourth-order valence-corrected chi connectivity index (χ4v) is 4.82. The average molecular weight is 473 g/mol. The lowest BCUT2D eigenvalue weighted by Gasteiger charge is -2.14. The highest BCUT2D eigenvalue weighted by atomic mass is 35.5. The van der Waals surface area contributed by atoms with Gasteiger partial charge in [-0.05, 0) is 61.7 Å². The van der Waals surface area contributed by atoms with E-state index in [9.17, 15) is 13.2 Å². The first-order valence-electron chi connectivity index (χ1n) is 10.0. The van der Waals surface area contributed by atoms with Crippen LogP contribution in [-0.2, 0) is 21.2 Å². The number of hydrogen-bond donors (Lipinski definition) is 2. The molecule has 0 aliphatic rings. The third-order valence-electron chi connectivity index (χ3n) is 4.97. The van der Waals surface area contributed by atoms with E-state index >= 15 is 0 Å². The molecule has 32 heavy (non-hydrogen) atoms. The van der Waals surface area contributed by atoms with Crippen LogP contribution < -0.4 is 14.8 Å². The molecule has 0 bridgehead atoms. The van der Waals surface area contributed by atoms with Crippen molar-refractivity contribution in [1.82, 2.24) is 0 Å². The molecule has 0 saturated carbocycles. The molecule has 0 spiro atoms. The van der Waals surface area contributed by atoms with Crippen molar-refractivity contribution in [3.63, 3.8) is 0 Å². The standard InChI is InChI=1S/C24H25ClN2O4S/c1-16-8-9-18(17(2)14-16)10-13-24(28)26-19-11-12-22(31-3)23(15-19)32(29,30)27-21-7-5-4-6-20(21)25/h4-9,11-12,14-15,27H,10,13H2,1-3H3,(H,26,28). The maximum atomic E-state index is 13.0. The zero-order chi connectivity index (χ0) is 23.3. The summed E-state index contributed by atoms with van der Waals surface area (Å²) in [6, 6.07) is 17.1. The molecule has 8 heteroatoms. The van der Waals surface area contributed by atoms with Crippen molar-refractivity contribution in [3.8, 4) is 5.75 Å². The summed E-state index contributed by atoms with van der Waals surface area (Å²) >= 11 is 6.08. The molecule has 0 radical (unpaired) electrons. The molecule has 0 atom stereocenters. The third kappa shape index (κ3) is 5.81. The van der Waals surface area contributed by atoms with Gasteiger partial charge >= 0.3 is 0 Å². The lowest BCUT2D eigenvalue weighted by atomic mass is 10.0. The minimum Gasteiger partial charge on any atom is -0.495 e. The van der Waals surface area contributed by atoms with Gasteiger partial charge in [-0.1, -0.05) is 47.5 Å². The van der Waals surface area contributed by atoms with Gasteiger partial charge in [-0.3, -0.25) is 9.52 Å². The molecule has 3 rings (SSSR count). The topological polar surface area (TPSA) is 84.5 Å². The number of hydrogen-bond acceptors (Lipinski definition) is 4. The van der Waals surface area contributed by atoms with Gasteiger partial charge in [0.2, 0.25) is 5.91 Å². The van der Waals surface area contributed by atoms with Crippen molar-refractivity contribution < 1.29 is 17.9 Å². The molecule has 6 nitrogen and oxygen atoms in total. The smallest absolute Gasteiger partial charge is 0.265 e. The van der Waals surface area contributed by atoms with E-state index < -0.39 is 10.0 Å². The molecule has 3 aromatic rings. The highest BCUT2D eigenvalue weighted by Gasteiger charge is 2.22. The second kappa shape index (κ2) is 10.1. The monoisotopic (exact) mass is 472 g/mol. The summed E-state index contributed by atoms with van der Waals surface area (Å²) in [6.45, 7) is 4.05. The van der Waals surface area contributed by atoms with Crippen LogP contribution >= 0.6 is 11.6 Å². The Kier molecular flexibility index (Phi) is 7.43. The Morgan fingerprint density at radius 1 is 1.03 bits per heavy atom. The minimum absolute atomic E-state index is 0.105. The van der Waals surface area contributed by atoms with E-state index in [0.29, 0.717) is 12.1 Å². The SMILES string of the molecule is COc1ccc(NC(=O)CCc2ccc(C)cc2C)cc1S(=O)(=O)Nc1ccccc1Cl. The second-order valence-corrected chi connectivity index (χ2v) is 9.49. The lowest BCUT2D eigenvalue weighted by molar-refractivity contribution is -0.116. The van der Waals surface area contributed by atoms with Crippen LogP contribution in [0.5, 0.6) is 5.75 Å². The Labute approximate surface area is 193 Å². The first-order valence-corrected chi connectivity index (χ1v) is 11.9. The van der Waals surface area contributed by atoms with Gasteiger partial charge < -0.3 is 10.1 Å². The van der Waals surface area contributed by atoms with Crippen LogP contribution in [0.2, 0.25) is 5.02 Å². The first kappa shape index (κ1) is 23.6. The van der Waals surface area contributed by atoms with E-state index in [4.69, 9.17) is 16.3 Å². The molecule has 0 fully saturated rings. The van der Waals surface area contributed by atoms with Crippen molar-refractivity contribution in [3.05, 3.63) is 82.4 Å². The molecule has 3 aromatic carbocycles. The number of ether oxygens (including phenoxy) is 1. The Bertz CT molecular complexity index is 1240. The summed E-state index contributed by atoms with van der Waals surface area (Å²) in [5.41, 5.74) is 4.03. The molecular weight excluding hydrogens is 448 g/mol. The Hall–Kier alpha value is -3.03. The van der Waals surface area contributed by atoms with Crippen molar-refractivity contribution in [2.75, 3.05) is 17.1 Å². The summed E-state index contributed by atoms with van der Waals surface area (Å²) in [5, 5.41) is 3.04. The fourth-order valence-electron chi connectivity index (χ4n) is 3.31. The number of carbonyl (C=O) groups excluding carboxylic acids is 1. The summed E-state index contributed by atoms with van der Waals surface area (Å²) < 4.78 is 33.7. The van der Waals surface area contributed by atoms with E-state index in [1.807, 2.05) is 26.0 Å². The fraction of sp³-hybridized carbons (Fsp3) is 0.208. The minimum atomic E-state index is -4.01. The van der Waals surface area contributed by atoms with Crippen LogP contribution in [0.15, 0.2) is 65.6 Å². The molecule has 0 aliphatic carbocycles. The van der Waals surface area contributed by atoms with Crippen LogP contribution in [0.1, 0.15) is 23.1 Å². The van der Waals surface area contributed by atoms with Crippen molar-refractivity contribution in [2.24, 2.45) is 0 Å². The number of anilines is 2. The third-order valence-corrected chi connectivity index (χ3v) is 6.69. The number of para-hydroxylation sites is 1. The number of nitrogens with one attached hydrogen (secondary N) is 2. The van der Waals surface area contributed by atoms with Gasteiger partial charge in [0.15, 0.2) is 0 Å². The van der Waals surface area contributed by atoms with Gasteiger partial charge in [-0.2, -0.15) is 0 Å².